The van der Waals surface area contributed by atoms with Crippen LogP contribution in [0.15, 0.2) is 30.6 Å². The maximum absolute atomic E-state index is 11.0. The van der Waals surface area contributed by atoms with E-state index in [1.54, 1.807) is 23.0 Å². The van der Waals surface area contributed by atoms with Crippen LogP contribution in [0.5, 0.6) is 0 Å². The lowest BCUT2D eigenvalue weighted by Crippen LogP contribution is -2.03. The van der Waals surface area contributed by atoms with Crippen LogP contribution in [0.2, 0.25) is 5.02 Å². The van der Waals surface area contributed by atoms with E-state index in [0.29, 0.717) is 18.8 Å². The van der Waals surface area contributed by atoms with Crippen LogP contribution in [0.3, 0.4) is 0 Å². The van der Waals surface area contributed by atoms with E-state index in [0.717, 1.165) is 5.56 Å². The SMILES string of the molecule is O=C(O)c1cc(NCc2cnn(CCO)c2)ccc1Cl. The van der Waals surface area contributed by atoms with E-state index in [1.807, 2.05) is 6.20 Å². The normalized spacial score (nSPS) is 10.5. The molecular weight excluding hydrogens is 282 g/mol. The average molecular weight is 296 g/mol. The molecule has 1 aromatic carbocycles. The van der Waals surface area contributed by atoms with E-state index in [4.69, 9.17) is 21.8 Å². The van der Waals surface area contributed by atoms with Crippen molar-refractivity contribution in [2.24, 2.45) is 0 Å². The fourth-order valence-corrected chi connectivity index (χ4v) is 1.92. The summed E-state index contributed by atoms with van der Waals surface area (Å²) in [4.78, 5) is 11.0. The zero-order valence-electron chi connectivity index (χ0n) is 10.6. The number of carbonyl (C=O) groups is 1. The summed E-state index contributed by atoms with van der Waals surface area (Å²) in [6, 6.07) is 4.75. The predicted molar refractivity (Wildman–Crippen MR) is 75.1 cm³/mol. The highest BCUT2D eigenvalue weighted by atomic mass is 35.5. The first-order valence-electron chi connectivity index (χ1n) is 5.99. The molecule has 0 saturated heterocycles. The van der Waals surface area contributed by atoms with E-state index in [9.17, 15) is 4.79 Å². The van der Waals surface area contributed by atoms with E-state index in [1.165, 1.54) is 6.07 Å². The van der Waals surface area contributed by atoms with Crippen molar-refractivity contribution >= 4 is 23.3 Å². The second kappa shape index (κ2) is 6.40. The molecule has 0 amide bonds. The number of aromatic nitrogens is 2. The molecule has 20 heavy (non-hydrogen) atoms. The molecule has 0 aliphatic heterocycles. The number of carboxylic acid groups (broad SMARTS) is 1. The number of hydrogen-bond donors (Lipinski definition) is 3. The molecule has 106 valence electrons. The molecule has 7 heteroatoms. The third kappa shape index (κ3) is 3.49. The Kier molecular flexibility index (Phi) is 4.60. The topological polar surface area (TPSA) is 87.4 Å². The van der Waals surface area contributed by atoms with Crippen molar-refractivity contribution in [2.45, 2.75) is 13.1 Å². The first kappa shape index (κ1) is 14.4. The van der Waals surface area contributed by atoms with Crippen LogP contribution in [-0.4, -0.2) is 32.6 Å². The van der Waals surface area contributed by atoms with Crippen molar-refractivity contribution in [1.82, 2.24) is 9.78 Å². The average Bonchev–Trinajstić information content (AvgIpc) is 2.86. The van der Waals surface area contributed by atoms with Gasteiger partial charge >= 0.3 is 5.97 Å². The van der Waals surface area contributed by atoms with E-state index in [-0.39, 0.29) is 17.2 Å². The number of halogens is 1. The molecule has 6 nitrogen and oxygen atoms in total. The lowest BCUT2D eigenvalue weighted by molar-refractivity contribution is 0.0697. The summed E-state index contributed by atoms with van der Waals surface area (Å²) in [5, 5.41) is 25.2. The molecule has 0 atom stereocenters. The molecule has 0 radical (unpaired) electrons. The van der Waals surface area contributed by atoms with Gasteiger partial charge in [-0.05, 0) is 18.2 Å². The molecule has 0 aliphatic rings. The summed E-state index contributed by atoms with van der Waals surface area (Å²) >= 11 is 5.80. The fraction of sp³-hybridized carbons (Fsp3) is 0.231. The molecular formula is C13H14ClN3O3. The lowest BCUT2D eigenvalue weighted by atomic mass is 10.2. The maximum Gasteiger partial charge on any atom is 0.337 e. The number of aromatic carboxylic acids is 1. The van der Waals surface area contributed by atoms with Gasteiger partial charge in [0.05, 0.1) is 29.9 Å². The number of carboxylic acids is 1. The standard InChI is InChI=1S/C13H14ClN3O3/c14-12-2-1-10(5-11(12)13(19)20)15-6-9-7-16-17(8-9)3-4-18/h1-2,5,7-8,15,18H,3-4,6H2,(H,19,20). The summed E-state index contributed by atoms with van der Waals surface area (Å²) in [5.41, 5.74) is 1.67. The highest BCUT2D eigenvalue weighted by Crippen LogP contribution is 2.21. The zero-order chi connectivity index (χ0) is 14.5. The van der Waals surface area contributed by atoms with E-state index >= 15 is 0 Å². The minimum Gasteiger partial charge on any atom is -0.478 e. The summed E-state index contributed by atoms with van der Waals surface area (Å²) in [7, 11) is 0. The second-order valence-corrected chi connectivity index (χ2v) is 4.60. The summed E-state index contributed by atoms with van der Waals surface area (Å²) in [6.45, 7) is 0.990. The Bertz CT molecular complexity index is 613. The molecule has 1 heterocycles. The third-order valence-electron chi connectivity index (χ3n) is 2.71. The minimum atomic E-state index is -1.06. The van der Waals surface area contributed by atoms with Crippen molar-refractivity contribution in [2.75, 3.05) is 11.9 Å². The monoisotopic (exact) mass is 295 g/mol. The molecule has 0 spiro atoms. The molecule has 3 N–H and O–H groups in total. The van der Waals surface area contributed by atoms with Crippen molar-refractivity contribution in [3.05, 3.63) is 46.7 Å². The highest BCUT2D eigenvalue weighted by Gasteiger charge is 2.09. The first-order chi connectivity index (χ1) is 9.60. The van der Waals surface area contributed by atoms with Gasteiger partial charge in [0.2, 0.25) is 0 Å². The minimum absolute atomic E-state index is 0.0354. The van der Waals surface area contributed by atoms with Gasteiger partial charge in [-0.25, -0.2) is 4.79 Å². The zero-order valence-corrected chi connectivity index (χ0v) is 11.3. The summed E-state index contributed by atoms with van der Waals surface area (Å²) in [5.74, 6) is -1.06. The van der Waals surface area contributed by atoms with E-state index < -0.39 is 5.97 Å². The maximum atomic E-state index is 11.0. The Labute approximate surface area is 120 Å². The molecule has 0 saturated carbocycles. The van der Waals surface area contributed by atoms with E-state index in [2.05, 4.69) is 10.4 Å². The van der Waals surface area contributed by atoms with Crippen LogP contribution in [0.25, 0.3) is 0 Å². The largest absolute Gasteiger partial charge is 0.478 e. The fourth-order valence-electron chi connectivity index (χ4n) is 1.73. The van der Waals surface area contributed by atoms with Gasteiger partial charge < -0.3 is 15.5 Å². The number of hydrogen-bond acceptors (Lipinski definition) is 4. The van der Waals surface area contributed by atoms with Gasteiger partial charge in [-0.15, -0.1) is 0 Å². The Hall–Kier alpha value is -2.05. The predicted octanol–water partition coefficient (Wildman–Crippen LogP) is 1.84. The van der Waals surface area contributed by atoms with Crippen molar-refractivity contribution in [3.8, 4) is 0 Å². The molecule has 0 aliphatic carbocycles. The van der Waals surface area contributed by atoms with Crippen molar-refractivity contribution in [3.63, 3.8) is 0 Å². The van der Waals surface area contributed by atoms with Gasteiger partial charge in [-0.3, -0.25) is 4.68 Å². The van der Waals surface area contributed by atoms with Crippen LogP contribution in [-0.2, 0) is 13.1 Å². The number of rotatable bonds is 6. The molecule has 0 fully saturated rings. The van der Waals surface area contributed by atoms with Gasteiger partial charge in [0.15, 0.2) is 0 Å². The van der Waals surface area contributed by atoms with Gasteiger partial charge in [-0.1, -0.05) is 11.6 Å². The summed E-state index contributed by atoms with van der Waals surface area (Å²) in [6.07, 6.45) is 3.51. The lowest BCUT2D eigenvalue weighted by Gasteiger charge is -2.07. The molecule has 0 bridgehead atoms. The van der Waals surface area contributed by atoms with Crippen LogP contribution < -0.4 is 5.32 Å². The van der Waals surface area contributed by atoms with Gasteiger partial charge in [0, 0.05) is 24.0 Å². The Morgan fingerprint density at radius 3 is 2.95 bits per heavy atom. The Morgan fingerprint density at radius 2 is 2.25 bits per heavy atom. The van der Waals surface area contributed by atoms with Gasteiger partial charge in [-0.2, -0.15) is 5.10 Å². The molecule has 2 rings (SSSR count). The number of nitrogens with zero attached hydrogens (tertiary/aromatic N) is 2. The molecule has 0 unspecified atom stereocenters. The first-order valence-corrected chi connectivity index (χ1v) is 6.37. The molecule has 1 aromatic heterocycles. The van der Waals surface area contributed by atoms with Gasteiger partial charge in [0.1, 0.15) is 0 Å². The number of aliphatic hydroxyl groups is 1. The van der Waals surface area contributed by atoms with Crippen molar-refractivity contribution < 1.29 is 15.0 Å². The smallest absolute Gasteiger partial charge is 0.337 e. The Morgan fingerprint density at radius 1 is 1.45 bits per heavy atom. The van der Waals surface area contributed by atoms with Crippen LogP contribution in [0.4, 0.5) is 5.69 Å². The number of benzene rings is 1. The highest BCUT2D eigenvalue weighted by molar-refractivity contribution is 6.33. The molecule has 2 aromatic rings. The number of nitrogens with one attached hydrogen (secondary N) is 1. The second-order valence-electron chi connectivity index (χ2n) is 4.19. The summed E-state index contributed by atoms with van der Waals surface area (Å²) < 4.78 is 1.64. The third-order valence-corrected chi connectivity index (χ3v) is 3.04. The number of aliphatic hydroxyl groups excluding tert-OH is 1. The Balaban J connectivity index is 2.03. The van der Waals surface area contributed by atoms with Crippen LogP contribution in [0, 0.1) is 0 Å². The number of anilines is 1. The van der Waals surface area contributed by atoms with Gasteiger partial charge in [0.25, 0.3) is 0 Å². The quantitative estimate of drug-likeness (QED) is 0.757. The van der Waals surface area contributed by atoms with Crippen molar-refractivity contribution in [1.29, 1.82) is 0 Å². The van der Waals surface area contributed by atoms with Crippen LogP contribution >= 0.6 is 11.6 Å². The van der Waals surface area contributed by atoms with Crippen LogP contribution in [0.1, 0.15) is 15.9 Å².